The second-order valence-corrected chi connectivity index (χ2v) is 6.57. The summed E-state index contributed by atoms with van der Waals surface area (Å²) in [6.45, 7) is 6.48. The molecule has 2 rings (SSSR count). The molecule has 1 aromatic carbocycles. The van der Waals surface area contributed by atoms with Crippen molar-refractivity contribution >= 4 is 21.9 Å². The molecule has 0 radical (unpaired) electrons. The summed E-state index contributed by atoms with van der Waals surface area (Å²) in [5, 5.41) is 13.8. The summed E-state index contributed by atoms with van der Waals surface area (Å²) in [5.41, 5.74) is 1.81. The standard InChI is InChI=1S/C15H17BrN2O2/c1-15(2,3)13-8-12(14(19)20)18(17-13)9-10-6-4-5-7-11(10)16/h4-8H,9H2,1-3H3,(H,19,20). The van der Waals surface area contributed by atoms with Crippen molar-refractivity contribution in [3.8, 4) is 0 Å². The van der Waals surface area contributed by atoms with Gasteiger partial charge in [0, 0.05) is 9.89 Å². The minimum Gasteiger partial charge on any atom is -0.477 e. The Bertz CT molecular complexity index is 642. The molecule has 4 nitrogen and oxygen atoms in total. The lowest BCUT2D eigenvalue weighted by Gasteiger charge is -2.14. The zero-order valence-electron chi connectivity index (χ0n) is 11.7. The quantitative estimate of drug-likeness (QED) is 0.929. The molecule has 5 heteroatoms. The van der Waals surface area contributed by atoms with E-state index in [-0.39, 0.29) is 11.1 Å². The molecule has 0 aliphatic rings. The topological polar surface area (TPSA) is 55.1 Å². The van der Waals surface area contributed by atoms with Crippen molar-refractivity contribution in [2.45, 2.75) is 32.7 Å². The molecule has 0 spiro atoms. The zero-order chi connectivity index (χ0) is 14.9. The number of carbonyl (C=O) groups is 1. The summed E-state index contributed by atoms with van der Waals surface area (Å²) < 4.78 is 2.49. The first-order chi connectivity index (χ1) is 9.29. The summed E-state index contributed by atoms with van der Waals surface area (Å²) in [6.07, 6.45) is 0. The SMILES string of the molecule is CC(C)(C)c1cc(C(=O)O)n(Cc2ccccc2Br)n1. The van der Waals surface area contributed by atoms with Gasteiger partial charge in [0.05, 0.1) is 12.2 Å². The molecule has 0 atom stereocenters. The zero-order valence-corrected chi connectivity index (χ0v) is 13.3. The van der Waals surface area contributed by atoms with E-state index < -0.39 is 5.97 Å². The lowest BCUT2D eigenvalue weighted by Crippen LogP contribution is -2.14. The Hall–Kier alpha value is -1.62. The summed E-state index contributed by atoms with van der Waals surface area (Å²) in [4.78, 5) is 11.4. The van der Waals surface area contributed by atoms with Gasteiger partial charge in [0.15, 0.2) is 0 Å². The van der Waals surface area contributed by atoms with Crippen molar-refractivity contribution in [1.29, 1.82) is 0 Å². The Morgan fingerprint density at radius 3 is 2.55 bits per heavy atom. The molecule has 106 valence electrons. The van der Waals surface area contributed by atoms with Crippen LogP contribution in [0.15, 0.2) is 34.8 Å². The smallest absolute Gasteiger partial charge is 0.354 e. The molecular formula is C15H17BrN2O2. The third kappa shape index (κ3) is 3.10. The molecule has 0 fully saturated rings. The molecule has 0 saturated carbocycles. The third-order valence-corrected chi connectivity index (χ3v) is 3.82. The predicted octanol–water partition coefficient (Wildman–Crippen LogP) is 3.69. The van der Waals surface area contributed by atoms with Crippen LogP contribution in [0.25, 0.3) is 0 Å². The first-order valence-corrected chi connectivity index (χ1v) is 7.13. The Morgan fingerprint density at radius 2 is 2.00 bits per heavy atom. The van der Waals surface area contributed by atoms with Crippen LogP contribution in [0.3, 0.4) is 0 Å². The number of carboxylic acid groups (broad SMARTS) is 1. The highest BCUT2D eigenvalue weighted by Gasteiger charge is 2.22. The molecule has 0 aliphatic heterocycles. The van der Waals surface area contributed by atoms with Crippen LogP contribution in [0.4, 0.5) is 0 Å². The number of carboxylic acids is 1. The van der Waals surface area contributed by atoms with Crippen LogP contribution >= 0.6 is 15.9 Å². The predicted molar refractivity (Wildman–Crippen MR) is 81.1 cm³/mol. The normalized spacial score (nSPS) is 11.6. The number of nitrogens with zero attached hydrogens (tertiary/aromatic N) is 2. The first-order valence-electron chi connectivity index (χ1n) is 6.34. The monoisotopic (exact) mass is 336 g/mol. The molecular weight excluding hydrogens is 320 g/mol. The van der Waals surface area contributed by atoms with Crippen molar-refractivity contribution in [1.82, 2.24) is 9.78 Å². The average Bonchev–Trinajstić information content (AvgIpc) is 2.76. The Balaban J connectivity index is 2.43. The largest absolute Gasteiger partial charge is 0.477 e. The van der Waals surface area contributed by atoms with E-state index in [4.69, 9.17) is 0 Å². The Morgan fingerprint density at radius 1 is 1.35 bits per heavy atom. The van der Waals surface area contributed by atoms with Crippen molar-refractivity contribution in [3.63, 3.8) is 0 Å². The first kappa shape index (κ1) is 14.8. The number of rotatable bonds is 3. The number of hydrogen-bond donors (Lipinski definition) is 1. The number of aromatic nitrogens is 2. The van der Waals surface area contributed by atoms with Crippen LogP contribution in [-0.4, -0.2) is 20.9 Å². The van der Waals surface area contributed by atoms with Gasteiger partial charge in [-0.15, -0.1) is 0 Å². The number of benzene rings is 1. The van der Waals surface area contributed by atoms with Gasteiger partial charge in [-0.3, -0.25) is 4.68 Å². The minimum absolute atomic E-state index is 0.177. The van der Waals surface area contributed by atoms with Crippen molar-refractivity contribution in [3.05, 3.63) is 51.8 Å². The van der Waals surface area contributed by atoms with Gasteiger partial charge in [0.1, 0.15) is 5.69 Å². The molecule has 1 aromatic heterocycles. The van der Waals surface area contributed by atoms with Gasteiger partial charge in [-0.05, 0) is 17.7 Å². The molecule has 0 amide bonds. The maximum atomic E-state index is 11.4. The van der Waals surface area contributed by atoms with E-state index in [1.54, 1.807) is 10.7 Å². The Kier molecular flexibility index (Phi) is 3.99. The maximum Gasteiger partial charge on any atom is 0.354 e. The maximum absolute atomic E-state index is 11.4. The molecule has 1 N–H and O–H groups in total. The van der Waals surface area contributed by atoms with Crippen LogP contribution < -0.4 is 0 Å². The molecule has 20 heavy (non-hydrogen) atoms. The fourth-order valence-electron chi connectivity index (χ4n) is 1.86. The Labute approximate surface area is 126 Å². The van der Waals surface area contributed by atoms with Crippen molar-refractivity contribution in [2.24, 2.45) is 0 Å². The van der Waals surface area contributed by atoms with E-state index in [2.05, 4.69) is 21.0 Å². The number of aromatic carboxylic acids is 1. The third-order valence-electron chi connectivity index (χ3n) is 3.05. The van der Waals surface area contributed by atoms with Gasteiger partial charge in [-0.2, -0.15) is 5.10 Å². The second kappa shape index (κ2) is 5.40. The van der Waals surface area contributed by atoms with Crippen molar-refractivity contribution in [2.75, 3.05) is 0 Å². The highest BCUT2D eigenvalue weighted by atomic mass is 79.9. The summed E-state index contributed by atoms with van der Waals surface area (Å²) in [7, 11) is 0. The lowest BCUT2D eigenvalue weighted by atomic mass is 9.92. The van der Waals surface area contributed by atoms with Gasteiger partial charge in [0.25, 0.3) is 0 Å². The number of halogens is 1. The highest BCUT2D eigenvalue weighted by Crippen LogP contribution is 2.23. The van der Waals surface area contributed by atoms with E-state index in [0.717, 1.165) is 15.7 Å². The molecule has 0 saturated heterocycles. The van der Waals surface area contributed by atoms with Crippen LogP contribution in [0.5, 0.6) is 0 Å². The van der Waals surface area contributed by atoms with E-state index in [1.165, 1.54) is 0 Å². The second-order valence-electron chi connectivity index (χ2n) is 5.72. The fraction of sp³-hybridized carbons (Fsp3) is 0.333. The van der Waals surface area contributed by atoms with E-state index >= 15 is 0 Å². The van der Waals surface area contributed by atoms with Crippen molar-refractivity contribution < 1.29 is 9.90 Å². The van der Waals surface area contributed by atoms with Crippen LogP contribution in [-0.2, 0) is 12.0 Å². The van der Waals surface area contributed by atoms with Gasteiger partial charge in [-0.25, -0.2) is 4.79 Å². The van der Waals surface area contributed by atoms with Crippen LogP contribution in [0, 0.1) is 0 Å². The summed E-state index contributed by atoms with van der Waals surface area (Å²) >= 11 is 3.47. The lowest BCUT2D eigenvalue weighted by molar-refractivity contribution is 0.0684. The van der Waals surface area contributed by atoms with Gasteiger partial charge < -0.3 is 5.11 Å². The van der Waals surface area contributed by atoms with Gasteiger partial charge in [0.2, 0.25) is 0 Å². The minimum atomic E-state index is -0.958. The fourth-order valence-corrected chi connectivity index (χ4v) is 2.27. The summed E-state index contributed by atoms with van der Waals surface area (Å²) in [6, 6.07) is 9.39. The van der Waals surface area contributed by atoms with E-state index in [9.17, 15) is 9.90 Å². The van der Waals surface area contributed by atoms with E-state index in [0.29, 0.717) is 6.54 Å². The highest BCUT2D eigenvalue weighted by molar-refractivity contribution is 9.10. The molecule has 2 aromatic rings. The summed E-state index contributed by atoms with van der Waals surface area (Å²) in [5.74, 6) is -0.958. The molecule has 0 unspecified atom stereocenters. The molecule has 0 aliphatic carbocycles. The van der Waals surface area contributed by atoms with Crippen LogP contribution in [0.2, 0.25) is 0 Å². The van der Waals surface area contributed by atoms with Crippen LogP contribution in [0.1, 0.15) is 42.5 Å². The van der Waals surface area contributed by atoms with E-state index in [1.807, 2.05) is 45.0 Å². The average molecular weight is 337 g/mol. The van der Waals surface area contributed by atoms with Gasteiger partial charge >= 0.3 is 5.97 Å². The van der Waals surface area contributed by atoms with Gasteiger partial charge in [-0.1, -0.05) is 54.9 Å². The molecule has 0 bridgehead atoms. The molecule has 1 heterocycles. The number of hydrogen-bond acceptors (Lipinski definition) is 2.